The van der Waals surface area contributed by atoms with Gasteiger partial charge in [0.1, 0.15) is 0 Å². The van der Waals surface area contributed by atoms with Crippen LogP contribution in [-0.4, -0.2) is 50.6 Å². The fourth-order valence-corrected chi connectivity index (χ4v) is 5.58. The molecule has 2 heterocycles. The molecule has 0 radical (unpaired) electrons. The second-order valence-corrected chi connectivity index (χ2v) is 10.9. The molecule has 1 aromatic carbocycles. The van der Waals surface area contributed by atoms with Crippen molar-refractivity contribution in [1.29, 1.82) is 0 Å². The molecule has 0 spiro atoms. The predicted octanol–water partition coefficient (Wildman–Crippen LogP) is 2.48. The van der Waals surface area contributed by atoms with Crippen LogP contribution in [0.15, 0.2) is 52.5 Å². The van der Waals surface area contributed by atoms with Crippen molar-refractivity contribution in [3.63, 3.8) is 0 Å². The lowest BCUT2D eigenvalue weighted by Crippen LogP contribution is -2.35. The molecular weight excluding hydrogens is 471 g/mol. The third-order valence-corrected chi connectivity index (χ3v) is 8.26. The van der Waals surface area contributed by atoms with Gasteiger partial charge >= 0.3 is 5.51 Å². The van der Waals surface area contributed by atoms with Crippen molar-refractivity contribution in [1.82, 2.24) is 14.6 Å². The van der Waals surface area contributed by atoms with E-state index in [-0.39, 0.29) is 11.4 Å². The zero-order chi connectivity index (χ0) is 23.6. The Morgan fingerprint density at radius 2 is 1.62 bits per heavy atom. The first-order valence-corrected chi connectivity index (χ1v) is 12.5. The molecule has 0 bridgehead atoms. The van der Waals surface area contributed by atoms with E-state index in [1.165, 1.54) is 28.6 Å². The van der Waals surface area contributed by atoms with Gasteiger partial charge < -0.3 is 5.32 Å². The third-order valence-electron chi connectivity index (χ3n) is 4.90. The highest BCUT2D eigenvalue weighted by atomic mass is 32.2. The molecule has 0 atom stereocenters. The average Bonchev–Trinajstić information content (AvgIpc) is 2.77. The van der Waals surface area contributed by atoms with Crippen LogP contribution in [0.5, 0.6) is 0 Å². The summed E-state index contributed by atoms with van der Waals surface area (Å²) in [4.78, 5) is 15.7. The number of halogens is 3. The van der Waals surface area contributed by atoms with Gasteiger partial charge in [-0.2, -0.15) is 17.5 Å². The molecule has 8 nitrogen and oxygen atoms in total. The Balaban J connectivity index is 1.73. The number of sulfonamides is 1. The van der Waals surface area contributed by atoms with Crippen LogP contribution in [0.25, 0.3) is 0 Å². The van der Waals surface area contributed by atoms with E-state index < -0.39 is 41.9 Å². The maximum Gasteiger partial charge on any atom is 0.503 e. The summed E-state index contributed by atoms with van der Waals surface area (Å²) in [6.45, 7) is 0.742. The van der Waals surface area contributed by atoms with Gasteiger partial charge in [0.25, 0.3) is 15.7 Å². The minimum atomic E-state index is -5.81. The Hall–Kier alpha value is -2.51. The quantitative estimate of drug-likeness (QED) is 0.664. The molecule has 1 aliphatic heterocycles. The average molecular weight is 492 g/mol. The Labute approximate surface area is 183 Å². The molecule has 13 heteroatoms. The van der Waals surface area contributed by atoms with Gasteiger partial charge in [0.05, 0.1) is 10.5 Å². The van der Waals surface area contributed by atoms with E-state index in [0.717, 1.165) is 37.6 Å². The monoisotopic (exact) mass is 491 g/mol. The lowest BCUT2D eigenvalue weighted by molar-refractivity contribution is -0.0438. The van der Waals surface area contributed by atoms with Crippen LogP contribution in [0.2, 0.25) is 0 Å². The van der Waals surface area contributed by atoms with Crippen LogP contribution in [0.4, 0.5) is 13.2 Å². The maximum absolute atomic E-state index is 12.9. The molecule has 2 aromatic rings. The van der Waals surface area contributed by atoms with Crippen LogP contribution in [0, 0.1) is 0 Å². The topological polar surface area (TPSA) is 114 Å². The second-order valence-electron chi connectivity index (χ2n) is 7.10. The molecular formula is C19H20F3N3O5S2. The van der Waals surface area contributed by atoms with Crippen molar-refractivity contribution in [2.45, 2.75) is 41.2 Å². The summed E-state index contributed by atoms with van der Waals surface area (Å²) >= 11 is 0. The van der Waals surface area contributed by atoms with Crippen molar-refractivity contribution < 1.29 is 34.8 Å². The summed E-state index contributed by atoms with van der Waals surface area (Å²) in [6.07, 6.45) is 3.41. The Morgan fingerprint density at radius 3 is 2.22 bits per heavy atom. The second kappa shape index (κ2) is 9.16. The van der Waals surface area contributed by atoms with E-state index in [1.807, 2.05) is 0 Å². The van der Waals surface area contributed by atoms with Gasteiger partial charge in [-0.05, 0) is 42.7 Å². The number of carbonyl (C=O) groups is 1. The number of nitrogens with one attached hydrogen (secondary N) is 1. The first kappa shape index (κ1) is 24.1. The lowest BCUT2D eigenvalue weighted by atomic mass is 10.2. The molecule has 0 aliphatic carbocycles. The minimum Gasteiger partial charge on any atom is -0.348 e. The summed E-state index contributed by atoms with van der Waals surface area (Å²) in [7, 11) is -9.44. The van der Waals surface area contributed by atoms with Crippen LogP contribution >= 0.6 is 0 Å². The van der Waals surface area contributed by atoms with Gasteiger partial charge in [0.2, 0.25) is 10.0 Å². The van der Waals surface area contributed by atoms with Gasteiger partial charge in [-0.25, -0.2) is 21.8 Å². The highest BCUT2D eigenvalue weighted by Crippen LogP contribution is 2.30. The predicted molar refractivity (Wildman–Crippen MR) is 108 cm³/mol. The fourth-order valence-electron chi connectivity index (χ4n) is 3.20. The van der Waals surface area contributed by atoms with Crippen LogP contribution < -0.4 is 5.32 Å². The van der Waals surface area contributed by atoms with Gasteiger partial charge in [-0.15, -0.1) is 0 Å². The molecule has 1 fully saturated rings. The Kier molecular flexibility index (Phi) is 6.91. The molecule has 1 amide bonds. The lowest BCUT2D eigenvalue weighted by Gasteiger charge is -2.25. The number of piperidine rings is 1. The number of aromatic nitrogens is 1. The van der Waals surface area contributed by atoms with E-state index in [2.05, 4.69) is 10.3 Å². The number of hydrogen-bond acceptors (Lipinski definition) is 6. The number of alkyl halides is 3. The van der Waals surface area contributed by atoms with Gasteiger partial charge in [-0.3, -0.25) is 4.79 Å². The fraction of sp³-hybridized carbons (Fsp3) is 0.368. The zero-order valence-corrected chi connectivity index (χ0v) is 18.3. The normalized spacial score (nSPS) is 16.0. The third kappa shape index (κ3) is 4.94. The van der Waals surface area contributed by atoms with Crippen molar-refractivity contribution in [3.8, 4) is 0 Å². The number of benzene rings is 1. The SMILES string of the molecule is O=C(NCc1ccc(S(=O)(=O)N2CCCCC2)cc1)c1cccnc1S(=O)(=O)C(F)(F)F. The summed E-state index contributed by atoms with van der Waals surface area (Å²) in [5.74, 6) is -1.06. The summed E-state index contributed by atoms with van der Waals surface area (Å²) in [5, 5.41) is 0.949. The van der Waals surface area contributed by atoms with E-state index in [1.54, 1.807) is 0 Å². The number of amides is 1. The van der Waals surface area contributed by atoms with Crippen molar-refractivity contribution in [3.05, 3.63) is 53.7 Å². The molecule has 0 saturated carbocycles. The molecule has 0 unspecified atom stereocenters. The largest absolute Gasteiger partial charge is 0.503 e. The van der Waals surface area contributed by atoms with Crippen LogP contribution in [0.1, 0.15) is 35.2 Å². The zero-order valence-electron chi connectivity index (χ0n) is 16.7. The molecule has 3 rings (SSSR count). The van der Waals surface area contributed by atoms with Crippen molar-refractivity contribution in [2.75, 3.05) is 13.1 Å². The molecule has 174 valence electrons. The first-order chi connectivity index (χ1) is 14.9. The highest BCUT2D eigenvalue weighted by Gasteiger charge is 2.49. The molecule has 32 heavy (non-hydrogen) atoms. The minimum absolute atomic E-state index is 0.0975. The maximum atomic E-state index is 12.9. The Morgan fingerprint density at radius 1 is 1.00 bits per heavy atom. The summed E-state index contributed by atoms with van der Waals surface area (Å²) < 4.78 is 88.7. The van der Waals surface area contributed by atoms with Crippen LogP contribution in [0.3, 0.4) is 0 Å². The number of rotatable bonds is 6. The summed E-state index contributed by atoms with van der Waals surface area (Å²) in [5.41, 5.74) is -5.87. The van der Waals surface area contributed by atoms with Crippen molar-refractivity contribution in [2.24, 2.45) is 0 Å². The van der Waals surface area contributed by atoms with E-state index in [0.29, 0.717) is 18.7 Å². The van der Waals surface area contributed by atoms with E-state index in [9.17, 15) is 34.8 Å². The van der Waals surface area contributed by atoms with Gasteiger partial charge in [-0.1, -0.05) is 18.6 Å². The number of hydrogen-bond donors (Lipinski definition) is 1. The number of pyridine rings is 1. The number of nitrogens with zero attached hydrogens (tertiary/aromatic N) is 2. The van der Waals surface area contributed by atoms with E-state index in [4.69, 9.17) is 0 Å². The molecule has 1 aromatic heterocycles. The number of carbonyl (C=O) groups excluding carboxylic acids is 1. The van der Waals surface area contributed by atoms with Gasteiger partial charge in [0.15, 0.2) is 5.03 Å². The van der Waals surface area contributed by atoms with Crippen LogP contribution in [-0.2, 0) is 26.4 Å². The first-order valence-electron chi connectivity index (χ1n) is 9.58. The smallest absolute Gasteiger partial charge is 0.348 e. The molecule has 1 aliphatic rings. The number of sulfone groups is 1. The Bertz CT molecular complexity index is 1190. The molecule has 1 N–H and O–H groups in total. The van der Waals surface area contributed by atoms with Gasteiger partial charge in [0, 0.05) is 25.8 Å². The summed E-state index contributed by atoms with van der Waals surface area (Å²) in [6, 6.07) is 7.77. The van der Waals surface area contributed by atoms with E-state index >= 15 is 0 Å². The molecule has 1 saturated heterocycles. The standard InChI is InChI=1S/C19H20F3N3O5S2/c20-19(21,22)31(27,28)18-16(5-4-10-23-18)17(26)24-13-14-6-8-15(9-7-14)32(29,30)25-11-2-1-3-12-25/h4-10H,1-3,11-13H2,(H,24,26). The highest BCUT2D eigenvalue weighted by molar-refractivity contribution is 7.92. The van der Waals surface area contributed by atoms with Crippen molar-refractivity contribution >= 4 is 25.8 Å².